The Hall–Kier alpha value is -3.63. The van der Waals surface area contributed by atoms with Crippen LogP contribution in [0.25, 0.3) is 22.3 Å². The summed E-state index contributed by atoms with van der Waals surface area (Å²) in [5, 5.41) is 18.1. The van der Waals surface area contributed by atoms with E-state index in [1.165, 1.54) is 6.07 Å². The molecule has 0 saturated heterocycles. The van der Waals surface area contributed by atoms with Gasteiger partial charge in [0.1, 0.15) is 12.4 Å². The molecule has 2 aliphatic heterocycles. The number of nitrogens with zero attached hydrogens (tertiary/aromatic N) is 2. The fourth-order valence-electron chi connectivity index (χ4n) is 6.13. The van der Waals surface area contributed by atoms with Gasteiger partial charge in [-0.3, -0.25) is 9.59 Å². The van der Waals surface area contributed by atoms with E-state index in [1.807, 2.05) is 0 Å². The molecule has 4 heterocycles. The molecule has 1 aromatic carbocycles. The van der Waals surface area contributed by atoms with Gasteiger partial charge in [-0.05, 0) is 62.9 Å². The first-order valence-electron chi connectivity index (χ1n) is 12.9. The fourth-order valence-corrected chi connectivity index (χ4v) is 6.13. The van der Waals surface area contributed by atoms with Crippen molar-refractivity contribution in [2.75, 3.05) is 7.05 Å². The predicted molar refractivity (Wildman–Crippen MR) is 137 cm³/mol. The van der Waals surface area contributed by atoms with E-state index in [1.54, 1.807) is 38.5 Å². The second-order valence-corrected chi connectivity index (χ2v) is 10.4. The van der Waals surface area contributed by atoms with Crippen molar-refractivity contribution in [3.63, 3.8) is 0 Å². The Morgan fingerprint density at radius 2 is 2.08 bits per heavy atom. The lowest BCUT2D eigenvalue weighted by atomic mass is 9.81. The molecule has 38 heavy (non-hydrogen) atoms. The zero-order chi connectivity index (χ0) is 27.1. The third-order valence-corrected chi connectivity index (χ3v) is 8.52. The fraction of sp³-hybridized carbons (Fsp3) is 0.429. The number of cyclic esters (lactones) is 1. The topological polar surface area (TPSA) is 123 Å². The van der Waals surface area contributed by atoms with Gasteiger partial charge in [-0.15, -0.1) is 0 Å². The van der Waals surface area contributed by atoms with Crippen LogP contribution < -0.4 is 16.2 Å². The Labute approximate surface area is 218 Å². The molecular formula is C28H29FN4O5. The molecule has 6 rings (SSSR count). The number of ether oxygens (including phenoxy) is 1. The highest BCUT2D eigenvalue weighted by molar-refractivity contribution is 5.94. The molecular weight excluding hydrogens is 491 g/mol. The molecule has 0 bridgehead atoms. The molecule has 198 valence electrons. The lowest BCUT2D eigenvalue weighted by Crippen LogP contribution is -2.44. The molecule has 0 saturated carbocycles. The number of hydrogen-bond donors (Lipinski definition) is 3. The summed E-state index contributed by atoms with van der Waals surface area (Å²) in [5.41, 5.74) is 2.57. The molecule has 1 amide bonds. The van der Waals surface area contributed by atoms with Crippen LogP contribution in [-0.2, 0) is 39.5 Å². The molecule has 2 aromatic heterocycles. The summed E-state index contributed by atoms with van der Waals surface area (Å²) >= 11 is 0. The summed E-state index contributed by atoms with van der Waals surface area (Å²) < 4.78 is 21.7. The minimum atomic E-state index is -1.94. The molecule has 3 atom stereocenters. The largest absolute Gasteiger partial charge is 0.458 e. The van der Waals surface area contributed by atoms with Crippen LogP contribution in [0.5, 0.6) is 0 Å². The Bertz CT molecular complexity index is 1630. The summed E-state index contributed by atoms with van der Waals surface area (Å²) in [6.45, 7) is 5.16. The van der Waals surface area contributed by atoms with E-state index in [9.17, 15) is 23.9 Å². The van der Waals surface area contributed by atoms with Gasteiger partial charge in [-0.1, -0.05) is 6.92 Å². The van der Waals surface area contributed by atoms with Gasteiger partial charge in [0.2, 0.25) is 5.91 Å². The van der Waals surface area contributed by atoms with Crippen molar-refractivity contribution in [1.29, 1.82) is 0 Å². The lowest BCUT2D eigenvalue weighted by Gasteiger charge is -2.31. The number of carbonyl (C=O) groups excluding carboxylic acids is 2. The molecule has 3 unspecified atom stereocenters. The van der Waals surface area contributed by atoms with E-state index in [0.29, 0.717) is 35.3 Å². The predicted octanol–water partition coefficient (Wildman–Crippen LogP) is 2.24. The van der Waals surface area contributed by atoms with Crippen LogP contribution in [0.3, 0.4) is 0 Å². The first kappa shape index (κ1) is 24.7. The van der Waals surface area contributed by atoms with Crippen molar-refractivity contribution in [2.24, 2.45) is 0 Å². The van der Waals surface area contributed by atoms with Gasteiger partial charge in [0.05, 0.1) is 41.1 Å². The van der Waals surface area contributed by atoms with Crippen molar-refractivity contribution >= 4 is 22.8 Å². The number of aliphatic hydroxyl groups is 1. The van der Waals surface area contributed by atoms with Crippen LogP contribution in [0.1, 0.15) is 66.1 Å². The Balaban J connectivity index is 1.63. The number of amides is 1. The molecule has 0 fully saturated rings. The highest BCUT2D eigenvalue weighted by Crippen LogP contribution is 2.45. The van der Waals surface area contributed by atoms with Gasteiger partial charge in [-0.2, -0.15) is 0 Å². The number of nitrogens with one attached hydrogen (secondary N) is 2. The molecule has 3 aliphatic rings. The number of pyridine rings is 2. The Morgan fingerprint density at radius 1 is 1.32 bits per heavy atom. The number of aromatic nitrogens is 2. The average Bonchev–Trinajstić information content (AvgIpc) is 3.28. The van der Waals surface area contributed by atoms with E-state index in [4.69, 9.17) is 9.72 Å². The summed E-state index contributed by atoms with van der Waals surface area (Å²) in [6.07, 6.45) is 1.19. The van der Waals surface area contributed by atoms with Gasteiger partial charge in [0.15, 0.2) is 5.60 Å². The second-order valence-electron chi connectivity index (χ2n) is 10.4. The molecule has 3 aromatic rings. The Kier molecular flexibility index (Phi) is 5.48. The molecule has 3 N–H and O–H groups in total. The summed E-state index contributed by atoms with van der Waals surface area (Å²) in [7, 11) is 1.71. The van der Waals surface area contributed by atoms with E-state index in [-0.39, 0.29) is 54.0 Å². The van der Waals surface area contributed by atoms with Crippen molar-refractivity contribution in [1.82, 2.24) is 20.2 Å². The summed E-state index contributed by atoms with van der Waals surface area (Å²) in [4.78, 5) is 43.9. The van der Waals surface area contributed by atoms with E-state index in [0.717, 1.165) is 22.1 Å². The maximum atomic E-state index is 15.0. The number of likely N-dealkylation sites (N-methyl/N-ethyl adjacent to an activating group) is 1. The second kappa shape index (κ2) is 8.44. The zero-order valence-corrected chi connectivity index (χ0v) is 21.7. The normalized spacial score (nSPS) is 21.9. The van der Waals surface area contributed by atoms with Crippen molar-refractivity contribution in [2.45, 2.75) is 70.9 Å². The maximum absolute atomic E-state index is 15.0. The van der Waals surface area contributed by atoms with Crippen LogP contribution in [0.4, 0.5) is 4.39 Å². The number of rotatable bonds is 4. The van der Waals surface area contributed by atoms with Gasteiger partial charge in [0, 0.05) is 22.6 Å². The van der Waals surface area contributed by atoms with E-state index in [2.05, 4.69) is 10.6 Å². The number of fused-ring (bicyclic) bond motifs is 5. The molecule has 0 spiro atoms. The van der Waals surface area contributed by atoms with Crippen molar-refractivity contribution in [3.8, 4) is 11.4 Å². The lowest BCUT2D eigenvalue weighted by molar-refractivity contribution is -0.172. The monoisotopic (exact) mass is 520 g/mol. The first-order chi connectivity index (χ1) is 18.1. The maximum Gasteiger partial charge on any atom is 0.343 e. The molecule has 9 nitrogen and oxygen atoms in total. The number of halogens is 1. The summed E-state index contributed by atoms with van der Waals surface area (Å²) in [5.74, 6) is -1.31. The van der Waals surface area contributed by atoms with E-state index < -0.39 is 17.6 Å². The van der Waals surface area contributed by atoms with Crippen LogP contribution in [-0.4, -0.2) is 39.6 Å². The number of aryl methyl sites for hydroxylation is 1. The number of esters is 1. The van der Waals surface area contributed by atoms with Crippen LogP contribution in [0, 0.1) is 12.7 Å². The Morgan fingerprint density at radius 3 is 2.79 bits per heavy atom. The quantitative estimate of drug-likeness (QED) is 0.353. The van der Waals surface area contributed by atoms with E-state index >= 15 is 0 Å². The van der Waals surface area contributed by atoms with Gasteiger partial charge >= 0.3 is 5.97 Å². The third kappa shape index (κ3) is 3.23. The van der Waals surface area contributed by atoms with Crippen molar-refractivity contribution in [3.05, 3.63) is 61.7 Å². The number of carbonyl (C=O) groups is 2. The highest BCUT2D eigenvalue weighted by Gasteiger charge is 2.46. The zero-order valence-electron chi connectivity index (χ0n) is 21.7. The first-order valence-corrected chi connectivity index (χ1v) is 12.9. The standard InChI is InChI=1S/C28H29FN4O5/c1-5-28(37)17-8-21-24-15(10-33(21)26(35)16(17)11-38-27(28)36)23-19(32-25(34)13(3)30-4)7-6-14-12(2)18(29)9-20(31-24)22(14)23/h8-9,13,19,30,37H,5-7,10-11H2,1-4H3,(H,32,34). The van der Waals surface area contributed by atoms with Gasteiger partial charge in [-0.25, -0.2) is 14.2 Å². The van der Waals surface area contributed by atoms with Gasteiger partial charge in [0.25, 0.3) is 5.56 Å². The molecule has 10 heteroatoms. The third-order valence-electron chi connectivity index (χ3n) is 8.52. The van der Waals surface area contributed by atoms with Crippen LogP contribution in [0.15, 0.2) is 16.9 Å². The van der Waals surface area contributed by atoms with Crippen LogP contribution in [0.2, 0.25) is 0 Å². The smallest absolute Gasteiger partial charge is 0.343 e. The molecule has 0 radical (unpaired) electrons. The minimum absolute atomic E-state index is 0.0383. The highest BCUT2D eigenvalue weighted by atomic mass is 19.1. The average molecular weight is 521 g/mol. The summed E-state index contributed by atoms with van der Waals surface area (Å²) in [6, 6.07) is 2.28. The molecule has 1 aliphatic carbocycles. The minimum Gasteiger partial charge on any atom is -0.458 e. The number of benzene rings is 1. The SMILES string of the molecule is CCC1(O)C(=O)OCc2c1cc1n(c2=O)Cc2c-1nc1cc(F)c(C)c3c1c2C(NC(=O)C(C)NC)CC3. The van der Waals surface area contributed by atoms with Gasteiger partial charge < -0.3 is 25.0 Å². The van der Waals surface area contributed by atoms with Crippen LogP contribution >= 0.6 is 0 Å². The van der Waals surface area contributed by atoms with Crippen molar-refractivity contribution < 1.29 is 23.8 Å². The number of hydrogen-bond acceptors (Lipinski definition) is 7.